The van der Waals surface area contributed by atoms with Crippen molar-refractivity contribution >= 4 is 48.7 Å². The van der Waals surface area contributed by atoms with Crippen molar-refractivity contribution in [3.05, 3.63) is 32.8 Å². The van der Waals surface area contributed by atoms with Crippen molar-refractivity contribution < 1.29 is 9.90 Å². The number of aromatic amines is 1. The number of carbonyl (C=O) groups is 1. The molecule has 1 saturated heterocycles. The van der Waals surface area contributed by atoms with Crippen molar-refractivity contribution in [3.63, 3.8) is 0 Å². The lowest BCUT2D eigenvalue weighted by atomic mass is 9.95. The fourth-order valence-corrected chi connectivity index (χ4v) is 3.38. The number of halogens is 2. The molecule has 1 aliphatic heterocycles. The number of benzene rings is 1. The van der Waals surface area contributed by atoms with E-state index < -0.39 is 6.10 Å². The van der Waals surface area contributed by atoms with Crippen molar-refractivity contribution in [1.82, 2.24) is 9.88 Å². The number of aliphatic hydroxyl groups is 1. The van der Waals surface area contributed by atoms with Crippen LogP contribution in [0.25, 0.3) is 10.9 Å². The molecule has 2 heterocycles. The molecule has 21 heavy (non-hydrogen) atoms. The number of aliphatic hydroxyl groups excluding tert-OH is 1. The van der Waals surface area contributed by atoms with Crippen molar-refractivity contribution in [3.8, 4) is 0 Å². The van der Waals surface area contributed by atoms with Gasteiger partial charge in [-0.05, 0) is 56.3 Å². The van der Waals surface area contributed by atoms with E-state index in [9.17, 15) is 9.90 Å². The summed E-state index contributed by atoms with van der Waals surface area (Å²) in [7, 11) is 0. The van der Waals surface area contributed by atoms with Crippen LogP contribution in [0.5, 0.6) is 0 Å². The maximum Gasteiger partial charge on any atom is 0.256 e. The summed E-state index contributed by atoms with van der Waals surface area (Å²) < 4.78 is 1.86. The molecule has 112 valence electrons. The van der Waals surface area contributed by atoms with E-state index in [2.05, 4.69) is 36.8 Å². The minimum Gasteiger partial charge on any atom is -0.391 e. The number of H-pyrrole nitrogens is 1. The number of aromatic nitrogens is 1. The van der Waals surface area contributed by atoms with Gasteiger partial charge in [0.1, 0.15) is 0 Å². The average Bonchev–Trinajstić information content (AvgIpc) is 2.84. The summed E-state index contributed by atoms with van der Waals surface area (Å²) in [5.41, 5.74) is 1.57. The number of rotatable bonds is 1. The first-order valence-electron chi connectivity index (χ1n) is 6.91. The molecule has 0 bridgehead atoms. The maximum atomic E-state index is 12.7. The number of nitrogens with zero attached hydrogens (tertiary/aromatic N) is 1. The van der Waals surface area contributed by atoms with Gasteiger partial charge in [0.15, 0.2) is 0 Å². The summed E-state index contributed by atoms with van der Waals surface area (Å²) >= 11 is 6.93. The van der Waals surface area contributed by atoms with Crippen LogP contribution in [0.4, 0.5) is 0 Å². The van der Waals surface area contributed by atoms with Gasteiger partial charge >= 0.3 is 0 Å². The van der Waals surface area contributed by atoms with Crippen LogP contribution in [-0.4, -0.2) is 40.1 Å². The monoisotopic (exact) mass is 414 g/mol. The van der Waals surface area contributed by atoms with E-state index in [0.717, 1.165) is 26.3 Å². The molecular weight excluding hydrogens is 400 g/mol. The lowest BCUT2D eigenvalue weighted by Gasteiger charge is -2.34. The number of hydrogen-bond acceptors (Lipinski definition) is 2. The standard InChI is InChI=1S/C15H16Br2N2O2/c1-8-2-3-19(7-14(8)20)15(21)10-6-18-13-5-12(17)11(16)4-9(10)13/h4-6,8,14,18,20H,2-3,7H2,1H3. The van der Waals surface area contributed by atoms with Gasteiger partial charge in [-0.2, -0.15) is 0 Å². The number of hydrogen-bond donors (Lipinski definition) is 2. The Kier molecular flexibility index (Phi) is 4.12. The van der Waals surface area contributed by atoms with Gasteiger partial charge in [-0.1, -0.05) is 6.92 Å². The summed E-state index contributed by atoms with van der Waals surface area (Å²) in [6, 6.07) is 3.88. The zero-order valence-corrected chi connectivity index (χ0v) is 14.7. The predicted molar refractivity (Wildman–Crippen MR) is 89.4 cm³/mol. The van der Waals surface area contributed by atoms with E-state index in [1.54, 1.807) is 11.1 Å². The molecule has 0 radical (unpaired) electrons. The van der Waals surface area contributed by atoms with Gasteiger partial charge in [0.25, 0.3) is 5.91 Å². The summed E-state index contributed by atoms with van der Waals surface area (Å²) in [4.78, 5) is 17.6. The number of amides is 1. The van der Waals surface area contributed by atoms with Gasteiger partial charge in [0.05, 0.1) is 11.7 Å². The molecule has 4 nitrogen and oxygen atoms in total. The van der Waals surface area contributed by atoms with Crippen LogP contribution >= 0.6 is 31.9 Å². The highest BCUT2D eigenvalue weighted by Crippen LogP contribution is 2.31. The Morgan fingerprint density at radius 1 is 1.38 bits per heavy atom. The lowest BCUT2D eigenvalue weighted by molar-refractivity contribution is 0.0250. The fraction of sp³-hybridized carbons (Fsp3) is 0.400. The highest BCUT2D eigenvalue weighted by molar-refractivity contribution is 9.13. The highest BCUT2D eigenvalue weighted by Gasteiger charge is 2.29. The second-order valence-electron chi connectivity index (χ2n) is 5.60. The van der Waals surface area contributed by atoms with E-state index in [1.165, 1.54) is 0 Å². The summed E-state index contributed by atoms with van der Waals surface area (Å²) in [6.07, 6.45) is 2.15. The number of β-amino-alcohol motifs (C(OH)–C–C–N with tert-alkyl or cyclic N) is 1. The molecule has 0 saturated carbocycles. The molecule has 1 aromatic carbocycles. The Hall–Kier alpha value is -0.850. The molecule has 0 aliphatic carbocycles. The molecule has 2 atom stereocenters. The maximum absolute atomic E-state index is 12.7. The first kappa shape index (κ1) is 15.1. The van der Waals surface area contributed by atoms with Crippen molar-refractivity contribution in [2.24, 2.45) is 5.92 Å². The number of fused-ring (bicyclic) bond motifs is 1. The third kappa shape index (κ3) is 2.76. The molecule has 2 N–H and O–H groups in total. The highest BCUT2D eigenvalue weighted by atomic mass is 79.9. The second kappa shape index (κ2) is 5.74. The third-order valence-corrected chi connectivity index (χ3v) is 6.00. The molecule has 2 aromatic rings. The number of nitrogens with one attached hydrogen (secondary N) is 1. The normalized spacial score (nSPS) is 22.8. The van der Waals surface area contributed by atoms with E-state index in [1.807, 2.05) is 19.1 Å². The van der Waals surface area contributed by atoms with E-state index in [-0.39, 0.29) is 11.8 Å². The van der Waals surface area contributed by atoms with Gasteiger partial charge in [-0.25, -0.2) is 0 Å². The quantitative estimate of drug-likeness (QED) is 0.748. The summed E-state index contributed by atoms with van der Waals surface area (Å²) in [5, 5.41) is 10.9. The Morgan fingerprint density at radius 3 is 2.81 bits per heavy atom. The molecule has 3 rings (SSSR count). The average molecular weight is 416 g/mol. The van der Waals surface area contributed by atoms with Crippen LogP contribution in [0.3, 0.4) is 0 Å². The third-order valence-electron chi connectivity index (χ3n) is 4.16. The minimum atomic E-state index is -0.436. The summed E-state index contributed by atoms with van der Waals surface area (Å²) in [5.74, 6) is 0.226. The largest absolute Gasteiger partial charge is 0.391 e. The molecule has 6 heteroatoms. The zero-order valence-electron chi connectivity index (χ0n) is 11.6. The Morgan fingerprint density at radius 2 is 2.10 bits per heavy atom. The Labute approximate surface area is 139 Å². The molecule has 1 fully saturated rings. The molecule has 1 aromatic heterocycles. The predicted octanol–water partition coefficient (Wildman–Crippen LogP) is 3.54. The van der Waals surface area contributed by atoms with Gasteiger partial charge in [0.2, 0.25) is 0 Å². The van der Waals surface area contributed by atoms with Crippen molar-refractivity contribution in [2.45, 2.75) is 19.4 Å². The number of carbonyl (C=O) groups excluding carboxylic acids is 1. The molecule has 1 aliphatic rings. The molecule has 0 spiro atoms. The van der Waals surface area contributed by atoms with E-state index in [4.69, 9.17) is 0 Å². The SMILES string of the molecule is CC1CCN(C(=O)c2c[nH]c3cc(Br)c(Br)cc23)CC1O. The van der Waals surface area contributed by atoms with E-state index >= 15 is 0 Å². The molecule has 1 amide bonds. The second-order valence-corrected chi connectivity index (χ2v) is 7.31. The van der Waals surface area contributed by atoms with Crippen molar-refractivity contribution in [2.75, 3.05) is 13.1 Å². The molecular formula is C15H16Br2N2O2. The number of likely N-dealkylation sites (tertiary alicyclic amines) is 1. The van der Waals surface area contributed by atoms with Gasteiger partial charge in [0, 0.05) is 39.1 Å². The van der Waals surface area contributed by atoms with Gasteiger partial charge in [-0.3, -0.25) is 4.79 Å². The Bertz CT molecular complexity index is 698. The van der Waals surface area contributed by atoms with Crippen LogP contribution in [0.1, 0.15) is 23.7 Å². The first-order chi connectivity index (χ1) is 9.97. The van der Waals surface area contributed by atoms with Gasteiger partial charge < -0.3 is 15.0 Å². The van der Waals surface area contributed by atoms with Crippen LogP contribution in [-0.2, 0) is 0 Å². The minimum absolute atomic E-state index is 0.0265. The van der Waals surface area contributed by atoms with Crippen LogP contribution < -0.4 is 0 Å². The Balaban J connectivity index is 1.93. The van der Waals surface area contributed by atoms with Gasteiger partial charge in [-0.15, -0.1) is 0 Å². The van der Waals surface area contributed by atoms with Crippen molar-refractivity contribution in [1.29, 1.82) is 0 Å². The van der Waals surface area contributed by atoms with Crippen LogP contribution in [0.15, 0.2) is 27.3 Å². The summed E-state index contributed by atoms with van der Waals surface area (Å²) in [6.45, 7) is 3.12. The number of piperidine rings is 1. The first-order valence-corrected chi connectivity index (χ1v) is 8.49. The zero-order chi connectivity index (χ0) is 15.1. The lowest BCUT2D eigenvalue weighted by Crippen LogP contribution is -2.45. The molecule has 2 unspecified atom stereocenters. The van der Waals surface area contributed by atoms with Crippen LogP contribution in [0.2, 0.25) is 0 Å². The topological polar surface area (TPSA) is 56.3 Å². The van der Waals surface area contributed by atoms with Crippen LogP contribution in [0, 0.1) is 5.92 Å². The smallest absolute Gasteiger partial charge is 0.256 e. The van der Waals surface area contributed by atoms with E-state index in [0.29, 0.717) is 18.7 Å². The fourth-order valence-electron chi connectivity index (χ4n) is 2.70.